The summed E-state index contributed by atoms with van der Waals surface area (Å²) >= 11 is 0. The molecule has 2 aliphatic rings. The number of phosphoric acid groups is 2. The molecule has 0 aliphatic carbocycles. The fourth-order valence-corrected chi connectivity index (χ4v) is 10.8. The Morgan fingerprint density at radius 1 is 0.849 bits per heavy atom. The van der Waals surface area contributed by atoms with E-state index in [0.29, 0.717) is 38.5 Å². The van der Waals surface area contributed by atoms with Gasteiger partial charge in [-0.25, -0.2) is 13.9 Å². The van der Waals surface area contributed by atoms with Crippen LogP contribution in [0.2, 0.25) is 0 Å². The summed E-state index contributed by atoms with van der Waals surface area (Å²) in [6.07, 6.45) is 14.0. The Kier molecular flexibility index (Phi) is 30.9. The summed E-state index contributed by atoms with van der Waals surface area (Å²) in [6, 6.07) is 1.24. The van der Waals surface area contributed by atoms with Gasteiger partial charge in [-0.05, 0) is 57.4 Å². The first-order valence-electron chi connectivity index (χ1n) is 26.5. The number of aliphatic hydroxyl groups excluding tert-OH is 4. The number of cyclic esters (lactones) is 1. The second kappa shape index (κ2) is 35.2. The molecule has 2 bridgehead atoms. The number of esters is 2. The molecular formula is C50H85N3O18P2. The normalized spacial score (nSPS) is 29.3. The molecule has 2 fully saturated rings. The summed E-state index contributed by atoms with van der Waals surface area (Å²) in [5.41, 5.74) is 4.78. The number of aromatic nitrogens is 2. The van der Waals surface area contributed by atoms with E-state index >= 15 is 0 Å². The number of phosphoric ester groups is 2. The van der Waals surface area contributed by atoms with Crippen LogP contribution < -0.4 is 11.4 Å². The standard InChI is InChI=1S/C50H85N3O18P2/c1-3-5-7-8-9-10-11-12-13-14-15-16-17-18-23-27-45(57)66-34-38-35-67-72(62,63)71-73(64,65)68-36-43-48(60)47(59)39(30-29-37(54)25-21-6-4-2)41(55)33-42(56)40(26-22-19-20-24-28-46(58)69-38)49(70-43)53-32-31-44(51)52-50(53)61/h10-11,29-32,37-40,42-43,47-49,54,56,59-60H,3-9,12-28,33-36H2,1-2H3,(H,62,63)(H,64,65)(H2,51,52,61)/b11-10-,30-29?/t37-,38+,39-,40-,42-,43+,47-,48+,49+/m0/s1. The monoisotopic (exact) mass is 1080 g/mol. The number of hydrogen-bond acceptors (Lipinski definition) is 18. The van der Waals surface area contributed by atoms with Crippen molar-refractivity contribution in [1.82, 2.24) is 9.55 Å². The van der Waals surface area contributed by atoms with Gasteiger partial charge in [-0.2, -0.15) is 9.29 Å². The number of ketones is 1. The molecule has 73 heavy (non-hydrogen) atoms. The van der Waals surface area contributed by atoms with Crippen LogP contribution in [0.4, 0.5) is 5.82 Å². The second-order valence-electron chi connectivity index (χ2n) is 19.2. The number of fused-ring (bicyclic) bond motifs is 3. The molecule has 1 aromatic heterocycles. The number of unbranched alkanes of at least 4 members (excludes halogenated alkanes) is 13. The molecule has 2 saturated heterocycles. The van der Waals surface area contributed by atoms with E-state index in [1.807, 2.05) is 6.92 Å². The van der Waals surface area contributed by atoms with E-state index in [2.05, 4.69) is 28.4 Å². The largest absolute Gasteiger partial charge is 0.481 e. The molecule has 3 rings (SSSR count). The van der Waals surface area contributed by atoms with Gasteiger partial charge in [-0.3, -0.25) is 28.0 Å². The van der Waals surface area contributed by atoms with Crippen LogP contribution in [0.15, 0.2) is 41.4 Å². The van der Waals surface area contributed by atoms with Crippen LogP contribution in [0.25, 0.3) is 0 Å². The Morgan fingerprint density at radius 2 is 1.47 bits per heavy atom. The van der Waals surface area contributed by atoms with Gasteiger partial charge < -0.3 is 50.2 Å². The lowest BCUT2D eigenvalue weighted by Crippen LogP contribution is -2.51. The molecule has 0 aromatic carbocycles. The van der Waals surface area contributed by atoms with Gasteiger partial charge in [0.25, 0.3) is 0 Å². The number of allylic oxidation sites excluding steroid dienone is 2. The van der Waals surface area contributed by atoms with E-state index in [9.17, 15) is 58.5 Å². The van der Waals surface area contributed by atoms with E-state index in [-0.39, 0.29) is 31.5 Å². The quantitative estimate of drug-likeness (QED) is 0.0227. The third kappa shape index (κ3) is 26.0. The number of nitrogens with zero attached hydrogens (tertiary/aromatic N) is 2. The molecule has 0 amide bonds. The smallest absolute Gasteiger partial charge is 0.462 e. The van der Waals surface area contributed by atoms with Crippen molar-refractivity contribution in [2.75, 3.05) is 25.6 Å². The molecule has 11 atom stereocenters. The van der Waals surface area contributed by atoms with Gasteiger partial charge in [0, 0.05) is 31.4 Å². The molecule has 2 unspecified atom stereocenters. The summed E-state index contributed by atoms with van der Waals surface area (Å²) < 4.78 is 59.0. The average molecular weight is 1080 g/mol. The number of Topliss-reactive ketones (excluding diaryl/α,β-unsaturated/α-hetero) is 1. The average Bonchev–Trinajstić information content (AvgIpc) is 3.33. The molecule has 0 radical (unpaired) electrons. The first-order chi connectivity index (χ1) is 34.9. The molecule has 23 heteroatoms. The fraction of sp³-hybridized carbons (Fsp3) is 0.780. The van der Waals surface area contributed by atoms with Crippen molar-refractivity contribution in [3.8, 4) is 0 Å². The van der Waals surface area contributed by atoms with Crippen molar-refractivity contribution in [1.29, 1.82) is 0 Å². The minimum atomic E-state index is -5.71. The zero-order valence-electron chi connectivity index (χ0n) is 42.9. The number of anilines is 1. The Hall–Kier alpha value is -3.17. The maximum absolute atomic E-state index is 14.0. The summed E-state index contributed by atoms with van der Waals surface area (Å²) in [4.78, 5) is 78.1. The Balaban J connectivity index is 1.75. The van der Waals surface area contributed by atoms with Gasteiger partial charge in [0.05, 0.1) is 37.4 Å². The zero-order valence-corrected chi connectivity index (χ0v) is 44.7. The van der Waals surface area contributed by atoms with Crippen LogP contribution in [0.3, 0.4) is 0 Å². The summed E-state index contributed by atoms with van der Waals surface area (Å²) in [5.74, 6) is -5.02. The molecule has 3 heterocycles. The predicted octanol–water partition coefficient (Wildman–Crippen LogP) is 7.59. The molecule has 1 aromatic rings. The lowest BCUT2D eigenvalue weighted by atomic mass is 9.83. The van der Waals surface area contributed by atoms with Crippen LogP contribution in [0.5, 0.6) is 0 Å². The molecule has 418 valence electrons. The predicted molar refractivity (Wildman–Crippen MR) is 271 cm³/mol. The number of rotatable bonds is 24. The number of hydrogen-bond donors (Lipinski definition) is 7. The third-order valence-corrected chi connectivity index (χ3v) is 15.5. The first kappa shape index (κ1) is 64.1. The second-order valence-corrected chi connectivity index (χ2v) is 22.2. The van der Waals surface area contributed by atoms with Crippen LogP contribution in [0, 0.1) is 11.8 Å². The van der Waals surface area contributed by atoms with E-state index < -0.39 is 120 Å². The number of nitrogens with two attached hydrogens (primary N) is 1. The van der Waals surface area contributed by atoms with Gasteiger partial charge in [0.15, 0.2) is 6.10 Å². The van der Waals surface area contributed by atoms with E-state index in [1.54, 1.807) is 0 Å². The van der Waals surface area contributed by atoms with E-state index in [1.165, 1.54) is 50.1 Å². The van der Waals surface area contributed by atoms with Gasteiger partial charge in [-0.15, -0.1) is 0 Å². The molecular weight excluding hydrogens is 993 g/mol. The van der Waals surface area contributed by atoms with Gasteiger partial charge in [0.1, 0.15) is 36.6 Å². The summed E-state index contributed by atoms with van der Waals surface area (Å²) in [7, 11) is -11.3. The van der Waals surface area contributed by atoms with Crippen molar-refractivity contribution in [3.05, 3.63) is 47.1 Å². The maximum atomic E-state index is 14.0. The Bertz CT molecular complexity index is 1990. The zero-order chi connectivity index (χ0) is 53.7. The molecule has 2 aliphatic heterocycles. The van der Waals surface area contributed by atoms with E-state index in [4.69, 9.17) is 29.0 Å². The van der Waals surface area contributed by atoms with Gasteiger partial charge in [-0.1, -0.05) is 128 Å². The minimum absolute atomic E-state index is 0.0563. The molecule has 0 saturated carbocycles. The number of ether oxygens (including phenoxy) is 3. The Morgan fingerprint density at radius 3 is 2.14 bits per heavy atom. The third-order valence-electron chi connectivity index (χ3n) is 12.9. The first-order valence-corrected chi connectivity index (χ1v) is 29.4. The topological polar surface area (TPSA) is 323 Å². The molecule has 21 nitrogen and oxygen atoms in total. The van der Waals surface area contributed by atoms with Crippen molar-refractivity contribution in [2.24, 2.45) is 11.8 Å². The lowest BCUT2D eigenvalue weighted by Gasteiger charge is -2.39. The highest BCUT2D eigenvalue weighted by Crippen LogP contribution is 2.60. The minimum Gasteiger partial charge on any atom is -0.462 e. The number of carbonyl (C=O) groups is 3. The van der Waals surface area contributed by atoms with Gasteiger partial charge >= 0.3 is 33.3 Å². The summed E-state index contributed by atoms with van der Waals surface area (Å²) in [6.45, 7) is 1.49. The van der Waals surface area contributed by atoms with Crippen LogP contribution in [-0.2, 0) is 51.1 Å². The maximum Gasteiger partial charge on any atom is 0.481 e. The van der Waals surface area contributed by atoms with Crippen LogP contribution in [-0.4, -0.2) is 114 Å². The highest BCUT2D eigenvalue weighted by molar-refractivity contribution is 7.61. The molecule has 0 spiro atoms. The van der Waals surface area contributed by atoms with Gasteiger partial charge in [0.2, 0.25) is 0 Å². The number of carbonyl (C=O) groups excluding carboxylic acids is 3. The lowest BCUT2D eigenvalue weighted by molar-refractivity contribution is -0.188. The summed E-state index contributed by atoms with van der Waals surface area (Å²) in [5, 5.41) is 45.7. The van der Waals surface area contributed by atoms with Crippen molar-refractivity contribution < 1.29 is 81.3 Å². The number of nitrogen functional groups attached to an aromatic ring is 1. The Labute approximate surface area is 430 Å². The number of aliphatic hydroxyl groups is 4. The van der Waals surface area contributed by atoms with Crippen LogP contribution in [0.1, 0.15) is 181 Å². The highest BCUT2D eigenvalue weighted by Gasteiger charge is 2.45. The van der Waals surface area contributed by atoms with Crippen LogP contribution >= 0.6 is 15.6 Å². The molecule has 8 N–H and O–H groups in total. The van der Waals surface area contributed by atoms with Crippen molar-refractivity contribution in [3.63, 3.8) is 0 Å². The fourth-order valence-electron chi connectivity index (χ4n) is 8.68. The van der Waals surface area contributed by atoms with Crippen molar-refractivity contribution in [2.45, 2.75) is 217 Å². The van der Waals surface area contributed by atoms with E-state index in [0.717, 1.165) is 68.8 Å². The SMILES string of the molecule is CCCCCC/C=C\CCCCCCCCCC(=O)OC[C@@H]1COP(=O)(O)OP(=O)(O)OC[C@H]2O[C@@H](n3ccc(N)nc3=O)[C@@H](CCCCCCC(=O)O1)[C@@H](O)CC(=O)[C@H](C=C[C@@H](O)CCCCC)[C@H](O)[C@@H]2O. The van der Waals surface area contributed by atoms with Crippen molar-refractivity contribution >= 4 is 39.2 Å². The highest BCUT2D eigenvalue weighted by atomic mass is 31.3.